The van der Waals surface area contributed by atoms with Crippen LogP contribution in [0.5, 0.6) is 0 Å². The van der Waals surface area contributed by atoms with E-state index in [1.54, 1.807) is 0 Å². The molecule has 0 bridgehead atoms. The van der Waals surface area contributed by atoms with Crippen LogP contribution in [0.4, 0.5) is 13.2 Å². The molecule has 1 N–H and O–H groups in total. The molecule has 1 saturated heterocycles. The van der Waals surface area contributed by atoms with Gasteiger partial charge in [0.15, 0.2) is 0 Å². The van der Waals surface area contributed by atoms with E-state index in [0.29, 0.717) is 18.5 Å². The fourth-order valence-corrected chi connectivity index (χ4v) is 2.48. The first-order valence-electron chi connectivity index (χ1n) is 6.33. The second-order valence-corrected chi connectivity index (χ2v) is 5.32. The third-order valence-corrected chi connectivity index (χ3v) is 3.50. The van der Waals surface area contributed by atoms with E-state index in [9.17, 15) is 13.2 Å². The molecule has 0 saturated carbocycles. The van der Waals surface area contributed by atoms with Crippen molar-refractivity contribution in [3.05, 3.63) is 0 Å². The van der Waals surface area contributed by atoms with E-state index in [1.807, 2.05) is 6.92 Å². The summed E-state index contributed by atoms with van der Waals surface area (Å²) >= 11 is 0. The summed E-state index contributed by atoms with van der Waals surface area (Å²) in [6.45, 7) is 6.86. The Labute approximate surface area is 102 Å². The lowest BCUT2D eigenvalue weighted by atomic mass is 9.93. The first-order valence-corrected chi connectivity index (χ1v) is 6.33. The van der Waals surface area contributed by atoms with Crippen LogP contribution in [0.25, 0.3) is 0 Å². The molecule has 102 valence electrons. The van der Waals surface area contributed by atoms with Crippen molar-refractivity contribution in [3.63, 3.8) is 0 Å². The zero-order chi connectivity index (χ0) is 13.1. The molecule has 0 amide bonds. The van der Waals surface area contributed by atoms with E-state index >= 15 is 0 Å². The van der Waals surface area contributed by atoms with Gasteiger partial charge in [-0.3, -0.25) is 4.90 Å². The van der Waals surface area contributed by atoms with Crippen LogP contribution in [0.1, 0.15) is 33.6 Å². The van der Waals surface area contributed by atoms with Crippen molar-refractivity contribution in [2.24, 2.45) is 5.92 Å². The average Bonchev–Trinajstić information content (AvgIpc) is 2.19. The van der Waals surface area contributed by atoms with Gasteiger partial charge in [-0.15, -0.1) is 0 Å². The van der Waals surface area contributed by atoms with Crippen molar-refractivity contribution in [1.29, 1.82) is 0 Å². The van der Waals surface area contributed by atoms with E-state index in [0.717, 1.165) is 13.0 Å². The molecular formula is C12H23F3N2. The molecule has 3 atom stereocenters. The Bertz CT molecular complexity index is 230. The zero-order valence-corrected chi connectivity index (χ0v) is 10.8. The quantitative estimate of drug-likeness (QED) is 0.827. The highest BCUT2D eigenvalue weighted by atomic mass is 19.4. The van der Waals surface area contributed by atoms with E-state index < -0.39 is 12.7 Å². The van der Waals surface area contributed by atoms with E-state index in [1.165, 1.54) is 6.42 Å². The number of hydrogen-bond donors (Lipinski definition) is 1. The lowest BCUT2D eigenvalue weighted by Crippen LogP contribution is -2.50. The van der Waals surface area contributed by atoms with Gasteiger partial charge >= 0.3 is 6.18 Å². The molecule has 1 fully saturated rings. The van der Waals surface area contributed by atoms with Gasteiger partial charge in [0.05, 0.1) is 6.54 Å². The first-order chi connectivity index (χ1) is 7.79. The van der Waals surface area contributed by atoms with Crippen molar-refractivity contribution in [3.8, 4) is 0 Å². The van der Waals surface area contributed by atoms with E-state index in [2.05, 4.69) is 24.1 Å². The topological polar surface area (TPSA) is 15.3 Å². The molecule has 0 aromatic carbocycles. The predicted molar refractivity (Wildman–Crippen MR) is 63.0 cm³/mol. The number of nitrogens with zero attached hydrogens (tertiary/aromatic N) is 1. The molecule has 2 nitrogen and oxygen atoms in total. The first kappa shape index (κ1) is 14.8. The van der Waals surface area contributed by atoms with Crippen molar-refractivity contribution < 1.29 is 13.2 Å². The van der Waals surface area contributed by atoms with Gasteiger partial charge in [-0.1, -0.05) is 6.92 Å². The van der Waals surface area contributed by atoms with Crippen LogP contribution < -0.4 is 5.32 Å². The summed E-state index contributed by atoms with van der Waals surface area (Å²) in [5.41, 5.74) is 0. The molecule has 1 rings (SSSR count). The summed E-state index contributed by atoms with van der Waals surface area (Å²) in [4.78, 5) is 2.32. The SMILES string of the molecule is CC1CCC(C)N(C(C)CNCC(F)(F)F)C1. The second kappa shape index (κ2) is 6.05. The molecule has 0 radical (unpaired) electrons. The van der Waals surface area contributed by atoms with Crippen molar-refractivity contribution in [2.75, 3.05) is 19.6 Å². The number of likely N-dealkylation sites (tertiary alicyclic amines) is 1. The summed E-state index contributed by atoms with van der Waals surface area (Å²) in [7, 11) is 0. The standard InChI is InChI=1S/C12H23F3N2/c1-9-4-5-10(2)17(7-9)11(3)6-16-8-12(13,14)15/h9-11,16H,4-8H2,1-3H3. The molecule has 0 aromatic heterocycles. The Balaban J connectivity index is 2.33. The third-order valence-electron chi connectivity index (χ3n) is 3.50. The lowest BCUT2D eigenvalue weighted by molar-refractivity contribution is -0.125. The highest BCUT2D eigenvalue weighted by Gasteiger charge is 2.29. The highest BCUT2D eigenvalue weighted by Crippen LogP contribution is 2.23. The number of piperidine rings is 1. The monoisotopic (exact) mass is 252 g/mol. The number of nitrogens with one attached hydrogen (secondary N) is 1. The lowest BCUT2D eigenvalue weighted by Gasteiger charge is -2.41. The van der Waals surface area contributed by atoms with Gasteiger partial charge in [-0.05, 0) is 32.6 Å². The third kappa shape index (κ3) is 5.25. The van der Waals surface area contributed by atoms with Crippen LogP contribution in [-0.4, -0.2) is 42.8 Å². The molecule has 1 aliphatic rings. The second-order valence-electron chi connectivity index (χ2n) is 5.32. The largest absolute Gasteiger partial charge is 0.401 e. The summed E-state index contributed by atoms with van der Waals surface area (Å²) in [5.74, 6) is 0.649. The maximum atomic E-state index is 12.0. The zero-order valence-electron chi connectivity index (χ0n) is 10.8. The van der Waals surface area contributed by atoms with E-state index in [-0.39, 0.29) is 6.04 Å². The van der Waals surface area contributed by atoms with Gasteiger partial charge in [0.25, 0.3) is 0 Å². The van der Waals surface area contributed by atoms with Crippen molar-refractivity contribution >= 4 is 0 Å². The predicted octanol–water partition coefficient (Wildman–Crippen LogP) is 2.65. The van der Waals surface area contributed by atoms with Gasteiger partial charge in [0.2, 0.25) is 0 Å². The number of alkyl halides is 3. The number of rotatable bonds is 4. The Kier molecular flexibility index (Phi) is 5.25. The van der Waals surface area contributed by atoms with Crippen LogP contribution in [0.3, 0.4) is 0 Å². The molecule has 1 aliphatic heterocycles. The number of hydrogen-bond acceptors (Lipinski definition) is 2. The van der Waals surface area contributed by atoms with Crippen LogP contribution in [0.15, 0.2) is 0 Å². The molecule has 17 heavy (non-hydrogen) atoms. The summed E-state index contributed by atoms with van der Waals surface area (Å²) in [6.07, 6.45) is -1.74. The highest BCUT2D eigenvalue weighted by molar-refractivity contribution is 4.82. The Morgan fingerprint density at radius 3 is 2.53 bits per heavy atom. The summed E-state index contributed by atoms with van der Waals surface area (Å²) < 4.78 is 36.0. The van der Waals surface area contributed by atoms with Crippen molar-refractivity contribution in [2.45, 2.75) is 51.9 Å². The fourth-order valence-electron chi connectivity index (χ4n) is 2.48. The minimum absolute atomic E-state index is 0.162. The molecule has 0 spiro atoms. The Morgan fingerprint density at radius 2 is 1.94 bits per heavy atom. The minimum Gasteiger partial charge on any atom is -0.307 e. The van der Waals surface area contributed by atoms with Crippen LogP contribution in [0, 0.1) is 5.92 Å². The molecule has 0 aromatic rings. The molecule has 0 aliphatic carbocycles. The van der Waals surface area contributed by atoms with Gasteiger partial charge < -0.3 is 5.32 Å². The van der Waals surface area contributed by atoms with Crippen LogP contribution in [0.2, 0.25) is 0 Å². The average molecular weight is 252 g/mol. The Hall–Kier alpha value is -0.290. The van der Waals surface area contributed by atoms with Crippen molar-refractivity contribution in [1.82, 2.24) is 10.2 Å². The molecular weight excluding hydrogens is 229 g/mol. The molecule has 5 heteroatoms. The molecule has 3 unspecified atom stereocenters. The maximum Gasteiger partial charge on any atom is 0.401 e. The minimum atomic E-state index is -4.11. The van der Waals surface area contributed by atoms with E-state index in [4.69, 9.17) is 0 Å². The van der Waals surface area contributed by atoms with Gasteiger partial charge in [0, 0.05) is 25.2 Å². The smallest absolute Gasteiger partial charge is 0.307 e. The normalized spacial score (nSPS) is 29.3. The van der Waals surface area contributed by atoms with Gasteiger partial charge in [-0.25, -0.2) is 0 Å². The van der Waals surface area contributed by atoms with Gasteiger partial charge in [-0.2, -0.15) is 13.2 Å². The maximum absolute atomic E-state index is 12.0. The molecule has 1 heterocycles. The summed E-state index contributed by atoms with van der Waals surface area (Å²) in [6, 6.07) is 0.643. The number of halogens is 3. The summed E-state index contributed by atoms with van der Waals surface area (Å²) in [5, 5.41) is 2.49. The fraction of sp³-hybridized carbons (Fsp3) is 1.00. The van der Waals surface area contributed by atoms with Crippen LogP contribution >= 0.6 is 0 Å². The Morgan fingerprint density at radius 1 is 1.29 bits per heavy atom. The van der Waals surface area contributed by atoms with Gasteiger partial charge in [0.1, 0.15) is 0 Å². The van der Waals surface area contributed by atoms with Crippen LogP contribution in [-0.2, 0) is 0 Å².